The summed E-state index contributed by atoms with van der Waals surface area (Å²) in [6.07, 6.45) is 8.15. The van der Waals surface area contributed by atoms with Crippen LogP contribution in [0.15, 0.2) is 67.0 Å². The zero-order chi connectivity index (χ0) is 22.8. The molecule has 4 rings (SSSR count). The van der Waals surface area contributed by atoms with Crippen molar-refractivity contribution in [2.75, 3.05) is 12.5 Å². The van der Waals surface area contributed by atoms with Gasteiger partial charge in [0.2, 0.25) is 0 Å². The van der Waals surface area contributed by atoms with Crippen LogP contribution in [0.3, 0.4) is 0 Å². The third kappa shape index (κ3) is 5.72. The molecule has 2 nitrogen and oxygen atoms in total. The average Bonchev–Trinajstić information content (AvgIpc) is 3.53. The van der Waals surface area contributed by atoms with Crippen molar-refractivity contribution in [3.8, 4) is 12.1 Å². The second-order valence-electron chi connectivity index (χ2n) is 6.05. The first-order valence-corrected chi connectivity index (χ1v) is 17.8. The fourth-order valence-corrected chi connectivity index (χ4v) is 16.5. The molecule has 0 aromatic heterocycles. The SMILES string of the molecule is CSC1=C(SC)SC(=C2SC3=C(SC(=CC(C=C(C#N)C#N)=C4SC(C)=C(C)S4)S3)S2)S1. The van der Waals surface area contributed by atoms with E-state index >= 15 is 0 Å². The Kier molecular flexibility index (Phi) is 9.33. The quantitative estimate of drug-likeness (QED) is 0.288. The van der Waals surface area contributed by atoms with E-state index in [1.165, 1.54) is 39.5 Å². The maximum atomic E-state index is 9.27. The monoisotopic (exact) mass is 602 g/mol. The molecule has 0 spiro atoms. The fraction of sp³-hybridized carbons (Fsp3) is 0.200. The Morgan fingerprint density at radius 1 is 0.719 bits per heavy atom. The summed E-state index contributed by atoms with van der Waals surface area (Å²) in [7, 11) is 0. The van der Waals surface area contributed by atoms with Gasteiger partial charge in [0.05, 0.1) is 33.9 Å². The van der Waals surface area contributed by atoms with Gasteiger partial charge in [-0.15, -0.1) is 23.5 Å². The third-order valence-electron chi connectivity index (χ3n) is 4.04. The lowest BCUT2D eigenvalue weighted by molar-refractivity contribution is 1.45. The van der Waals surface area contributed by atoms with E-state index in [-0.39, 0.29) is 5.57 Å². The van der Waals surface area contributed by atoms with Gasteiger partial charge in [0, 0.05) is 0 Å². The van der Waals surface area contributed by atoms with Crippen molar-refractivity contribution in [2.45, 2.75) is 13.8 Å². The van der Waals surface area contributed by atoms with E-state index in [0.717, 1.165) is 9.81 Å². The molecule has 0 N–H and O–H groups in total. The molecule has 0 aliphatic carbocycles. The van der Waals surface area contributed by atoms with E-state index in [9.17, 15) is 10.5 Å². The van der Waals surface area contributed by atoms with Crippen molar-refractivity contribution in [3.63, 3.8) is 0 Å². The van der Waals surface area contributed by atoms with Gasteiger partial charge in [0.1, 0.15) is 17.7 Å². The molecular formula is C20H14N2S10. The van der Waals surface area contributed by atoms with Gasteiger partial charge < -0.3 is 0 Å². The van der Waals surface area contributed by atoms with Crippen LogP contribution in [0.5, 0.6) is 0 Å². The lowest BCUT2D eigenvalue weighted by Gasteiger charge is -2.07. The standard InChI is InChI=1S/C20H14N2S10/c1-9-10(2)26-14(25-9)12(5-11(7-21)8-22)6-13-27-17-18(28-13)32-20(31-17)19-29-15(23-3)16(24-4)30-19/h5-6H,1-4H3. The number of nitriles is 2. The highest BCUT2D eigenvalue weighted by atomic mass is 32.3. The van der Waals surface area contributed by atoms with Crippen LogP contribution >= 0.6 is 118 Å². The number of nitrogens with zero attached hydrogens (tertiary/aromatic N) is 2. The molecule has 164 valence electrons. The van der Waals surface area contributed by atoms with Crippen LogP contribution in [0.2, 0.25) is 0 Å². The van der Waals surface area contributed by atoms with Crippen molar-refractivity contribution in [1.82, 2.24) is 0 Å². The van der Waals surface area contributed by atoms with Gasteiger partial charge in [-0.05, 0) is 53.9 Å². The molecule has 4 aliphatic heterocycles. The zero-order valence-electron chi connectivity index (χ0n) is 17.1. The van der Waals surface area contributed by atoms with Crippen molar-refractivity contribution < 1.29 is 0 Å². The van der Waals surface area contributed by atoms with Gasteiger partial charge >= 0.3 is 0 Å². The second kappa shape index (κ2) is 11.6. The van der Waals surface area contributed by atoms with E-state index in [0.29, 0.717) is 0 Å². The minimum Gasteiger partial charge on any atom is -0.192 e. The Bertz CT molecular complexity index is 1110. The minimum atomic E-state index is 0.133. The molecule has 0 saturated heterocycles. The molecule has 0 amide bonds. The zero-order valence-corrected chi connectivity index (χ0v) is 25.3. The summed E-state index contributed by atoms with van der Waals surface area (Å²) in [5, 5.41) is 18.5. The van der Waals surface area contributed by atoms with Gasteiger partial charge in [0.15, 0.2) is 0 Å². The molecule has 0 unspecified atom stereocenters. The third-order valence-corrected chi connectivity index (χ3v) is 18.0. The normalized spacial score (nSPS) is 20.3. The lowest BCUT2D eigenvalue weighted by atomic mass is 10.2. The van der Waals surface area contributed by atoms with Crippen LogP contribution in [-0.4, -0.2) is 12.5 Å². The molecule has 32 heavy (non-hydrogen) atoms. The van der Waals surface area contributed by atoms with Crippen LogP contribution < -0.4 is 0 Å². The molecular weight excluding hydrogens is 589 g/mol. The number of rotatable bonds is 4. The minimum absolute atomic E-state index is 0.133. The molecule has 0 aromatic carbocycles. The van der Waals surface area contributed by atoms with E-state index in [1.54, 1.807) is 53.1 Å². The van der Waals surface area contributed by atoms with Gasteiger partial charge in [-0.1, -0.05) is 94.1 Å². The maximum Gasteiger partial charge on any atom is 0.130 e. The maximum absolute atomic E-state index is 9.27. The topological polar surface area (TPSA) is 47.6 Å². The predicted octanol–water partition coefficient (Wildman–Crippen LogP) is 10.3. The van der Waals surface area contributed by atoms with E-state index < -0.39 is 0 Å². The van der Waals surface area contributed by atoms with Crippen molar-refractivity contribution >= 4 is 118 Å². The summed E-state index contributed by atoms with van der Waals surface area (Å²) >= 11 is 18.2. The Morgan fingerprint density at radius 3 is 1.66 bits per heavy atom. The molecule has 0 radical (unpaired) electrons. The average molecular weight is 603 g/mol. The molecule has 4 heterocycles. The highest BCUT2D eigenvalue weighted by Gasteiger charge is 2.34. The summed E-state index contributed by atoms with van der Waals surface area (Å²) < 4.78 is 10.6. The van der Waals surface area contributed by atoms with E-state index in [4.69, 9.17) is 0 Å². The second-order valence-corrected chi connectivity index (χ2v) is 18.4. The van der Waals surface area contributed by atoms with E-state index in [1.807, 2.05) is 82.7 Å². The van der Waals surface area contributed by atoms with Crippen molar-refractivity contribution in [1.29, 1.82) is 10.5 Å². The van der Waals surface area contributed by atoms with Gasteiger partial charge in [-0.3, -0.25) is 0 Å². The molecule has 0 bridgehead atoms. The summed E-state index contributed by atoms with van der Waals surface area (Å²) in [6, 6.07) is 4.00. The van der Waals surface area contributed by atoms with Crippen molar-refractivity contribution in [2.24, 2.45) is 0 Å². The smallest absolute Gasteiger partial charge is 0.130 e. The van der Waals surface area contributed by atoms with Crippen LogP contribution in [0.1, 0.15) is 13.8 Å². The van der Waals surface area contributed by atoms with Gasteiger partial charge in [0.25, 0.3) is 0 Å². The van der Waals surface area contributed by atoms with Crippen LogP contribution in [0.25, 0.3) is 0 Å². The molecule has 12 heteroatoms. The number of hydrogen-bond donors (Lipinski definition) is 0. The fourth-order valence-electron chi connectivity index (χ4n) is 2.44. The van der Waals surface area contributed by atoms with Crippen molar-refractivity contribution in [3.05, 3.63) is 67.0 Å². The largest absolute Gasteiger partial charge is 0.192 e. The highest BCUT2D eigenvalue weighted by Crippen LogP contribution is 2.70. The Balaban J connectivity index is 1.52. The Morgan fingerprint density at radius 2 is 1.19 bits per heavy atom. The first-order valence-electron chi connectivity index (χ1n) is 8.84. The summed E-state index contributed by atoms with van der Waals surface area (Å²) in [5.41, 5.74) is 1.08. The first-order chi connectivity index (χ1) is 15.4. The number of thioether (sulfide) groups is 10. The predicted molar refractivity (Wildman–Crippen MR) is 162 cm³/mol. The summed E-state index contributed by atoms with van der Waals surface area (Å²) in [4.78, 5) is 2.54. The van der Waals surface area contributed by atoms with E-state index in [2.05, 4.69) is 32.4 Å². The first kappa shape index (κ1) is 25.7. The molecule has 0 fully saturated rings. The van der Waals surface area contributed by atoms with Crippen LogP contribution in [0.4, 0.5) is 0 Å². The highest BCUT2D eigenvalue weighted by molar-refractivity contribution is 8.49. The molecule has 0 aromatic rings. The van der Waals surface area contributed by atoms with Crippen LogP contribution in [-0.2, 0) is 0 Å². The summed E-state index contributed by atoms with van der Waals surface area (Å²) in [5.74, 6) is 0. The molecule has 0 atom stereocenters. The number of hydrogen-bond acceptors (Lipinski definition) is 12. The van der Waals surface area contributed by atoms with Crippen LogP contribution in [0, 0.1) is 22.7 Å². The number of allylic oxidation sites excluding steroid dienone is 6. The van der Waals surface area contributed by atoms with Gasteiger partial charge in [-0.2, -0.15) is 10.5 Å². The summed E-state index contributed by atoms with van der Waals surface area (Å²) in [6.45, 7) is 4.22. The Labute approximate surface area is 231 Å². The lowest BCUT2D eigenvalue weighted by Crippen LogP contribution is -1.82. The molecule has 4 aliphatic rings. The molecule has 0 saturated carbocycles. The Hall–Kier alpha value is 0.660. The van der Waals surface area contributed by atoms with Gasteiger partial charge in [-0.25, -0.2) is 0 Å².